The van der Waals surface area contributed by atoms with Gasteiger partial charge in [-0.05, 0) is 13.8 Å². The van der Waals surface area contributed by atoms with Gasteiger partial charge in [-0.3, -0.25) is 14.9 Å². The molecule has 0 aromatic heterocycles. The van der Waals surface area contributed by atoms with Crippen LogP contribution in [0.15, 0.2) is 0 Å². The van der Waals surface area contributed by atoms with Gasteiger partial charge in [0, 0.05) is 13.6 Å². The number of carbonyl (C=O) groups excluding carboxylic acids is 3. The SMILES string of the molecule is CNC(=O)C(C)(C)CNCC(=O)NC(N)=O. The van der Waals surface area contributed by atoms with E-state index in [1.807, 2.05) is 5.32 Å². The first-order valence-corrected chi connectivity index (χ1v) is 4.82. The highest BCUT2D eigenvalue weighted by Gasteiger charge is 2.26. The van der Waals surface area contributed by atoms with E-state index in [0.717, 1.165) is 0 Å². The molecule has 0 atom stereocenters. The third-order valence-electron chi connectivity index (χ3n) is 1.96. The van der Waals surface area contributed by atoms with E-state index in [-0.39, 0.29) is 12.5 Å². The van der Waals surface area contributed by atoms with Crippen LogP contribution in [-0.4, -0.2) is 38.0 Å². The van der Waals surface area contributed by atoms with Gasteiger partial charge in [-0.15, -0.1) is 0 Å². The van der Waals surface area contributed by atoms with E-state index in [4.69, 9.17) is 5.73 Å². The quantitative estimate of drug-likeness (QED) is 0.462. The standard InChI is InChI=1S/C9H18N4O3/c1-9(2,7(15)11-3)5-12-4-6(14)13-8(10)16/h12H,4-5H2,1-3H3,(H,11,15)(H3,10,13,14,16). The summed E-state index contributed by atoms with van der Waals surface area (Å²) in [5, 5.41) is 7.20. The van der Waals surface area contributed by atoms with Crippen molar-refractivity contribution in [1.29, 1.82) is 0 Å². The van der Waals surface area contributed by atoms with Crippen LogP contribution in [0.4, 0.5) is 4.79 Å². The number of nitrogens with one attached hydrogen (secondary N) is 3. The molecule has 0 aliphatic heterocycles. The average Bonchev–Trinajstić information content (AvgIpc) is 2.14. The Bertz CT molecular complexity index is 288. The Morgan fingerprint density at radius 3 is 2.25 bits per heavy atom. The van der Waals surface area contributed by atoms with Crippen LogP contribution in [0.3, 0.4) is 0 Å². The average molecular weight is 230 g/mol. The fraction of sp³-hybridized carbons (Fsp3) is 0.667. The molecule has 0 aliphatic carbocycles. The highest BCUT2D eigenvalue weighted by atomic mass is 16.2. The predicted octanol–water partition coefficient (Wildman–Crippen LogP) is -1.46. The molecule has 7 heteroatoms. The molecule has 7 nitrogen and oxygen atoms in total. The minimum atomic E-state index is -0.891. The molecular weight excluding hydrogens is 212 g/mol. The van der Waals surface area contributed by atoms with Crippen LogP contribution in [-0.2, 0) is 9.59 Å². The second kappa shape index (κ2) is 6.06. The molecule has 0 saturated heterocycles. The van der Waals surface area contributed by atoms with Crippen molar-refractivity contribution in [2.24, 2.45) is 11.1 Å². The molecule has 0 rings (SSSR count). The number of rotatable bonds is 5. The molecule has 0 unspecified atom stereocenters. The number of urea groups is 1. The van der Waals surface area contributed by atoms with Crippen molar-refractivity contribution >= 4 is 17.8 Å². The van der Waals surface area contributed by atoms with E-state index in [0.29, 0.717) is 6.54 Å². The molecule has 0 saturated carbocycles. The second-order valence-corrected chi connectivity index (χ2v) is 3.98. The maximum Gasteiger partial charge on any atom is 0.318 e. The van der Waals surface area contributed by atoms with Crippen molar-refractivity contribution in [1.82, 2.24) is 16.0 Å². The maximum atomic E-state index is 11.4. The van der Waals surface area contributed by atoms with Gasteiger partial charge in [0.15, 0.2) is 0 Å². The molecule has 0 bridgehead atoms. The van der Waals surface area contributed by atoms with Crippen LogP contribution in [0, 0.1) is 5.41 Å². The summed E-state index contributed by atoms with van der Waals surface area (Å²) in [7, 11) is 1.55. The Morgan fingerprint density at radius 2 is 1.81 bits per heavy atom. The zero-order valence-electron chi connectivity index (χ0n) is 9.72. The summed E-state index contributed by atoms with van der Waals surface area (Å²) in [5.41, 5.74) is 4.13. The van der Waals surface area contributed by atoms with Crippen molar-refractivity contribution in [3.8, 4) is 0 Å². The first-order chi connectivity index (χ1) is 7.29. The van der Waals surface area contributed by atoms with E-state index in [2.05, 4.69) is 10.6 Å². The highest BCUT2D eigenvalue weighted by molar-refractivity contribution is 5.94. The number of hydrogen-bond donors (Lipinski definition) is 4. The zero-order valence-corrected chi connectivity index (χ0v) is 9.72. The lowest BCUT2D eigenvalue weighted by Crippen LogP contribution is -2.46. The zero-order chi connectivity index (χ0) is 12.8. The Hall–Kier alpha value is -1.63. The topological polar surface area (TPSA) is 113 Å². The molecule has 0 fully saturated rings. The van der Waals surface area contributed by atoms with E-state index in [1.54, 1.807) is 20.9 Å². The summed E-state index contributed by atoms with van der Waals surface area (Å²) in [4.78, 5) is 32.7. The van der Waals surface area contributed by atoms with Crippen molar-refractivity contribution in [2.75, 3.05) is 20.1 Å². The van der Waals surface area contributed by atoms with Gasteiger partial charge in [-0.25, -0.2) is 4.79 Å². The summed E-state index contributed by atoms with van der Waals surface area (Å²) >= 11 is 0. The Kier molecular flexibility index (Phi) is 5.44. The summed E-state index contributed by atoms with van der Waals surface area (Å²) in [5.74, 6) is -0.657. The molecule has 0 spiro atoms. The van der Waals surface area contributed by atoms with Crippen molar-refractivity contribution in [3.63, 3.8) is 0 Å². The minimum Gasteiger partial charge on any atom is -0.359 e. The number of amides is 4. The molecule has 0 radical (unpaired) electrons. The fourth-order valence-electron chi connectivity index (χ4n) is 1.09. The number of nitrogens with two attached hydrogens (primary N) is 1. The first-order valence-electron chi connectivity index (χ1n) is 4.82. The summed E-state index contributed by atoms with van der Waals surface area (Å²) in [6.07, 6.45) is 0. The van der Waals surface area contributed by atoms with Crippen LogP contribution < -0.4 is 21.7 Å². The lowest BCUT2D eigenvalue weighted by atomic mass is 9.92. The lowest BCUT2D eigenvalue weighted by Gasteiger charge is -2.22. The monoisotopic (exact) mass is 230 g/mol. The number of carbonyl (C=O) groups is 3. The Labute approximate surface area is 94.1 Å². The van der Waals surface area contributed by atoms with Gasteiger partial charge in [-0.2, -0.15) is 0 Å². The van der Waals surface area contributed by atoms with Gasteiger partial charge >= 0.3 is 6.03 Å². The molecule has 0 aromatic carbocycles. The molecule has 5 N–H and O–H groups in total. The van der Waals surface area contributed by atoms with E-state index < -0.39 is 17.4 Å². The van der Waals surface area contributed by atoms with Gasteiger partial charge in [-0.1, -0.05) is 0 Å². The summed E-state index contributed by atoms with van der Waals surface area (Å²) < 4.78 is 0. The van der Waals surface area contributed by atoms with E-state index in [9.17, 15) is 14.4 Å². The van der Waals surface area contributed by atoms with Crippen molar-refractivity contribution < 1.29 is 14.4 Å². The van der Waals surface area contributed by atoms with Crippen LogP contribution >= 0.6 is 0 Å². The molecule has 4 amide bonds. The van der Waals surface area contributed by atoms with Gasteiger partial charge in [0.1, 0.15) is 0 Å². The van der Waals surface area contributed by atoms with Crippen LogP contribution in [0.1, 0.15) is 13.8 Å². The molecular formula is C9H18N4O3. The molecule has 0 heterocycles. The highest BCUT2D eigenvalue weighted by Crippen LogP contribution is 2.12. The Morgan fingerprint density at radius 1 is 1.25 bits per heavy atom. The largest absolute Gasteiger partial charge is 0.359 e. The normalized spacial score (nSPS) is 10.7. The van der Waals surface area contributed by atoms with Crippen molar-refractivity contribution in [2.45, 2.75) is 13.8 Å². The summed E-state index contributed by atoms with van der Waals surface area (Å²) in [6, 6.07) is -0.891. The van der Waals surface area contributed by atoms with Crippen molar-refractivity contribution in [3.05, 3.63) is 0 Å². The minimum absolute atomic E-state index is 0.0661. The third-order valence-corrected chi connectivity index (χ3v) is 1.96. The predicted molar refractivity (Wildman–Crippen MR) is 58.4 cm³/mol. The number of primary amides is 1. The molecule has 16 heavy (non-hydrogen) atoms. The van der Waals surface area contributed by atoms with Crippen LogP contribution in [0.2, 0.25) is 0 Å². The molecule has 92 valence electrons. The third kappa shape index (κ3) is 5.30. The second-order valence-electron chi connectivity index (χ2n) is 3.98. The smallest absolute Gasteiger partial charge is 0.318 e. The fourth-order valence-corrected chi connectivity index (χ4v) is 1.09. The van der Waals surface area contributed by atoms with Crippen LogP contribution in [0.25, 0.3) is 0 Å². The Balaban J connectivity index is 3.94. The lowest BCUT2D eigenvalue weighted by molar-refractivity contribution is -0.129. The number of imide groups is 1. The number of hydrogen-bond acceptors (Lipinski definition) is 4. The summed E-state index contributed by atoms with van der Waals surface area (Å²) in [6.45, 7) is 3.73. The van der Waals surface area contributed by atoms with Gasteiger partial charge in [0.05, 0.1) is 12.0 Å². The van der Waals surface area contributed by atoms with Gasteiger partial charge in [0.2, 0.25) is 11.8 Å². The molecule has 0 aromatic rings. The van der Waals surface area contributed by atoms with Crippen LogP contribution in [0.5, 0.6) is 0 Å². The van der Waals surface area contributed by atoms with E-state index >= 15 is 0 Å². The van der Waals surface area contributed by atoms with Gasteiger partial charge in [0.25, 0.3) is 0 Å². The van der Waals surface area contributed by atoms with E-state index in [1.165, 1.54) is 0 Å². The molecule has 0 aliphatic rings. The van der Waals surface area contributed by atoms with Gasteiger partial charge < -0.3 is 16.4 Å². The maximum absolute atomic E-state index is 11.4. The first kappa shape index (κ1) is 14.4.